The van der Waals surface area contributed by atoms with Gasteiger partial charge < -0.3 is 4.90 Å². The number of carbonyl (C=O) groups excluding carboxylic acids is 1. The summed E-state index contributed by atoms with van der Waals surface area (Å²) >= 11 is 1.58. The van der Waals surface area contributed by atoms with Crippen LogP contribution in [0, 0.1) is 0 Å². The van der Waals surface area contributed by atoms with Crippen molar-refractivity contribution in [2.24, 2.45) is 0 Å². The molecule has 1 fully saturated rings. The monoisotopic (exact) mass is 433 g/mol. The molecule has 9 heteroatoms. The van der Waals surface area contributed by atoms with Gasteiger partial charge in [0.25, 0.3) is 5.95 Å². The van der Waals surface area contributed by atoms with Crippen LogP contribution in [0.4, 0.5) is 5.13 Å². The van der Waals surface area contributed by atoms with E-state index in [1.807, 2.05) is 18.2 Å². The fourth-order valence-corrected chi connectivity index (χ4v) is 5.19. The second kappa shape index (κ2) is 8.50. The number of hydrogen-bond donors (Lipinski definition) is 0. The smallest absolute Gasteiger partial charge is 0.254 e. The first-order valence-electron chi connectivity index (χ1n) is 10.6. The van der Waals surface area contributed by atoms with Gasteiger partial charge in [-0.25, -0.2) is 4.98 Å². The molecule has 3 aromatic heterocycles. The van der Waals surface area contributed by atoms with Crippen molar-refractivity contribution in [1.82, 2.24) is 29.9 Å². The quantitative estimate of drug-likeness (QED) is 0.441. The van der Waals surface area contributed by atoms with E-state index >= 15 is 0 Å². The summed E-state index contributed by atoms with van der Waals surface area (Å²) in [5.41, 5.74) is 2.79. The fourth-order valence-electron chi connectivity index (χ4n) is 4.05. The lowest BCUT2D eigenvalue weighted by atomic mass is 10.0. The van der Waals surface area contributed by atoms with Crippen LogP contribution in [-0.4, -0.2) is 48.3 Å². The summed E-state index contributed by atoms with van der Waals surface area (Å²) in [6.45, 7) is 2.91. The number of thiazole rings is 1. The third-order valence-corrected chi connectivity index (χ3v) is 6.77. The molecule has 31 heavy (non-hydrogen) atoms. The van der Waals surface area contributed by atoms with E-state index in [0.717, 1.165) is 47.8 Å². The van der Waals surface area contributed by atoms with Crippen molar-refractivity contribution in [1.29, 1.82) is 0 Å². The maximum Gasteiger partial charge on any atom is 0.254 e. The van der Waals surface area contributed by atoms with Crippen LogP contribution in [0.15, 0.2) is 42.7 Å². The molecule has 0 N–H and O–H groups in total. The molecule has 5 rings (SSSR count). The second-order valence-corrected chi connectivity index (χ2v) is 8.60. The lowest BCUT2D eigenvalue weighted by Gasteiger charge is -2.22. The second-order valence-electron chi connectivity index (χ2n) is 7.62. The Hall–Kier alpha value is -3.20. The van der Waals surface area contributed by atoms with Gasteiger partial charge in [0.1, 0.15) is 0 Å². The molecule has 4 heterocycles. The third-order valence-electron chi connectivity index (χ3n) is 5.64. The molecule has 0 saturated carbocycles. The van der Waals surface area contributed by atoms with Gasteiger partial charge in [0.15, 0.2) is 16.6 Å². The number of rotatable bonds is 7. The zero-order chi connectivity index (χ0) is 21.2. The molecule has 1 saturated heterocycles. The minimum Gasteiger partial charge on any atom is -0.338 e. The lowest BCUT2D eigenvalue weighted by Crippen LogP contribution is -2.36. The Balaban J connectivity index is 1.40. The Labute approximate surface area is 184 Å². The summed E-state index contributed by atoms with van der Waals surface area (Å²) in [5, 5.41) is 8.69. The third kappa shape index (κ3) is 3.93. The molecule has 0 aliphatic carbocycles. The van der Waals surface area contributed by atoms with E-state index < -0.39 is 0 Å². The minimum absolute atomic E-state index is 0.114. The summed E-state index contributed by atoms with van der Waals surface area (Å²) < 4.78 is 2.52. The van der Waals surface area contributed by atoms with Crippen molar-refractivity contribution in [2.75, 3.05) is 11.4 Å². The molecule has 1 aliphatic heterocycles. The molecule has 1 aromatic carbocycles. The van der Waals surface area contributed by atoms with Crippen LogP contribution >= 0.6 is 11.3 Å². The van der Waals surface area contributed by atoms with Gasteiger partial charge in [-0.05, 0) is 31.2 Å². The van der Waals surface area contributed by atoms with E-state index in [4.69, 9.17) is 4.98 Å². The number of aryl methyl sites for hydroxylation is 2. The maximum absolute atomic E-state index is 13.0. The van der Waals surface area contributed by atoms with Gasteiger partial charge in [0.2, 0.25) is 0 Å². The van der Waals surface area contributed by atoms with Crippen molar-refractivity contribution in [3.05, 3.63) is 54.0 Å². The number of carbonyl (C=O) groups is 1. The van der Waals surface area contributed by atoms with Crippen LogP contribution in [-0.2, 0) is 17.6 Å². The standard InChI is InChI=1S/C22H23N7OS/c1-2-16-19-20(25-21(24-16)29-14-12-23-27-29)26-22(31-19)28-13-6-9-17(28)18(30)11-10-15-7-4-3-5-8-15/h3-5,7-8,12,14,17H,2,6,9-11,13H2,1H3/t17-/m1/s1. The Morgan fingerprint density at radius 1 is 1.19 bits per heavy atom. The number of aromatic nitrogens is 6. The minimum atomic E-state index is -0.114. The number of ketones is 1. The highest BCUT2D eigenvalue weighted by Gasteiger charge is 2.32. The van der Waals surface area contributed by atoms with Crippen molar-refractivity contribution in [2.45, 2.75) is 45.1 Å². The van der Waals surface area contributed by atoms with Crippen molar-refractivity contribution in [3.63, 3.8) is 0 Å². The number of nitrogens with zero attached hydrogens (tertiary/aromatic N) is 7. The molecule has 158 valence electrons. The molecule has 0 bridgehead atoms. The predicted molar refractivity (Wildman–Crippen MR) is 120 cm³/mol. The molecule has 0 amide bonds. The molecule has 1 atom stereocenters. The molecular weight excluding hydrogens is 410 g/mol. The zero-order valence-electron chi connectivity index (χ0n) is 17.3. The van der Waals surface area contributed by atoms with Crippen LogP contribution in [0.2, 0.25) is 0 Å². The Morgan fingerprint density at radius 2 is 2.06 bits per heavy atom. The summed E-state index contributed by atoms with van der Waals surface area (Å²) in [7, 11) is 0. The zero-order valence-corrected chi connectivity index (χ0v) is 18.1. The topological polar surface area (TPSA) is 89.7 Å². The van der Waals surface area contributed by atoms with E-state index in [1.54, 1.807) is 28.4 Å². The Kier molecular flexibility index (Phi) is 5.42. The van der Waals surface area contributed by atoms with Gasteiger partial charge in [-0.2, -0.15) is 14.6 Å². The number of fused-ring (bicyclic) bond motifs is 1. The molecule has 0 unspecified atom stereocenters. The van der Waals surface area contributed by atoms with E-state index in [-0.39, 0.29) is 11.8 Å². The Morgan fingerprint density at radius 3 is 2.84 bits per heavy atom. The number of hydrogen-bond acceptors (Lipinski definition) is 8. The molecule has 4 aromatic rings. The number of benzene rings is 1. The van der Waals surface area contributed by atoms with Crippen molar-refractivity contribution < 1.29 is 4.79 Å². The highest BCUT2D eigenvalue weighted by Crippen LogP contribution is 2.35. The van der Waals surface area contributed by atoms with E-state index in [2.05, 4.69) is 44.2 Å². The summed E-state index contributed by atoms with van der Waals surface area (Å²) in [4.78, 5) is 29.3. The fraction of sp³-hybridized carbons (Fsp3) is 0.364. The van der Waals surface area contributed by atoms with E-state index in [1.165, 1.54) is 5.56 Å². The number of anilines is 1. The van der Waals surface area contributed by atoms with Gasteiger partial charge >= 0.3 is 0 Å². The summed E-state index contributed by atoms with van der Waals surface area (Å²) in [6.07, 6.45) is 7.27. The van der Waals surface area contributed by atoms with Gasteiger partial charge in [-0.3, -0.25) is 4.79 Å². The maximum atomic E-state index is 13.0. The first-order valence-corrected chi connectivity index (χ1v) is 11.4. The van der Waals surface area contributed by atoms with E-state index in [9.17, 15) is 4.79 Å². The SMILES string of the molecule is CCc1nc(-n2ccnn2)nc2nc(N3CCC[C@@H]3C(=O)CCc3ccccc3)sc12. The average molecular weight is 434 g/mol. The number of Topliss-reactive ketones (excluding diaryl/α,β-unsaturated/α-hetero) is 1. The van der Waals surface area contributed by atoms with Crippen LogP contribution in [0.5, 0.6) is 0 Å². The molecule has 0 spiro atoms. The predicted octanol–water partition coefficient (Wildman–Crippen LogP) is 3.40. The van der Waals surface area contributed by atoms with Gasteiger partial charge in [0.05, 0.1) is 28.8 Å². The largest absolute Gasteiger partial charge is 0.338 e. The van der Waals surface area contributed by atoms with Gasteiger partial charge in [-0.1, -0.05) is 53.8 Å². The van der Waals surface area contributed by atoms with Crippen molar-refractivity contribution >= 4 is 32.6 Å². The van der Waals surface area contributed by atoms with Crippen LogP contribution in [0.25, 0.3) is 16.3 Å². The van der Waals surface area contributed by atoms with Crippen LogP contribution < -0.4 is 4.90 Å². The summed E-state index contributed by atoms with van der Waals surface area (Å²) in [5.74, 6) is 0.751. The first-order chi connectivity index (χ1) is 15.2. The molecule has 0 radical (unpaired) electrons. The van der Waals surface area contributed by atoms with E-state index in [0.29, 0.717) is 18.0 Å². The molecule has 1 aliphatic rings. The lowest BCUT2D eigenvalue weighted by molar-refractivity contribution is -0.120. The molecule has 8 nitrogen and oxygen atoms in total. The summed E-state index contributed by atoms with van der Waals surface area (Å²) in [6, 6.07) is 10.1. The highest BCUT2D eigenvalue weighted by molar-refractivity contribution is 7.22. The Bertz CT molecular complexity index is 1190. The van der Waals surface area contributed by atoms with Gasteiger partial charge in [-0.15, -0.1) is 5.10 Å². The highest BCUT2D eigenvalue weighted by atomic mass is 32.1. The van der Waals surface area contributed by atoms with Gasteiger partial charge in [0, 0.05) is 13.0 Å². The first kappa shape index (κ1) is 19.7. The normalized spacial score (nSPS) is 16.3. The van der Waals surface area contributed by atoms with Crippen LogP contribution in [0.1, 0.15) is 37.4 Å². The van der Waals surface area contributed by atoms with Crippen LogP contribution in [0.3, 0.4) is 0 Å². The van der Waals surface area contributed by atoms with Crippen molar-refractivity contribution in [3.8, 4) is 5.95 Å². The molecular formula is C22H23N7OS. The average Bonchev–Trinajstić information content (AvgIpc) is 3.57.